The second-order valence-corrected chi connectivity index (χ2v) is 11.3. The molecule has 2 atom stereocenters. The number of aliphatic hydroxyl groups is 1. The van der Waals surface area contributed by atoms with E-state index >= 15 is 0 Å². The third-order valence-electron chi connectivity index (χ3n) is 4.08. The van der Waals surface area contributed by atoms with Gasteiger partial charge in [-0.05, 0) is 31.0 Å². The van der Waals surface area contributed by atoms with Gasteiger partial charge in [-0.2, -0.15) is 0 Å². The highest BCUT2D eigenvalue weighted by Gasteiger charge is 2.41. The highest BCUT2D eigenvalue weighted by molar-refractivity contribution is 6.74. The smallest absolute Gasteiger partial charge is 0.193 e. The van der Waals surface area contributed by atoms with Gasteiger partial charge in [-0.1, -0.05) is 33.6 Å². The standard InChI is InChI=1S/C13H26O3Si/c1-13(2,3)17(4,5)16-11-9-7-6-8-10(14)12(11)15/h10-11,14H,6-9H2,1-5H3/t10-,11+/m1/s1. The van der Waals surface area contributed by atoms with Crippen LogP contribution < -0.4 is 0 Å². The Morgan fingerprint density at radius 1 is 1.24 bits per heavy atom. The van der Waals surface area contributed by atoms with Crippen LogP contribution in [-0.4, -0.2) is 31.4 Å². The van der Waals surface area contributed by atoms with Gasteiger partial charge in [0.2, 0.25) is 0 Å². The molecule has 0 aromatic rings. The number of Topliss-reactive ketones (excluding diaryl/α,β-unsaturated/α-hetero) is 1. The molecule has 0 aromatic heterocycles. The van der Waals surface area contributed by atoms with Crippen molar-refractivity contribution in [1.82, 2.24) is 0 Å². The Labute approximate surface area is 106 Å². The fourth-order valence-electron chi connectivity index (χ4n) is 1.82. The predicted molar refractivity (Wildman–Crippen MR) is 71.6 cm³/mol. The van der Waals surface area contributed by atoms with Crippen molar-refractivity contribution >= 4 is 14.1 Å². The molecule has 1 rings (SSSR count). The molecular formula is C13H26O3Si. The maximum atomic E-state index is 12.0. The van der Waals surface area contributed by atoms with Crippen molar-refractivity contribution in [2.24, 2.45) is 0 Å². The first kappa shape index (κ1) is 14.9. The van der Waals surface area contributed by atoms with Crippen LogP contribution in [0.15, 0.2) is 0 Å². The van der Waals surface area contributed by atoms with Crippen molar-refractivity contribution in [3.8, 4) is 0 Å². The summed E-state index contributed by atoms with van der Waals surface area (Å²) < 4.78 is 6.14. The van der Waals surface area contributed by atoms with Crippen molar-refractivity contribution in [2.75, 3.05) is 0 Å². The highest BCUT2D eigenvalue weighted by Crippen LogP contribution is 2.38. The van der Waals surface area contributed by atoms with E-state index in [1.807, 2.05) is 0 Å². The number of aliphatic hydroxyl groups excluding tert-OH is 1. The maximum absolute atomic E-state index is 12.0. The molecule has 1 N–H and O–H groups in total. The molecule has 4 heteroatoms. The van der Waals surface area contributed by atoms with E-state index in [9.17, 15) is 9.90 Å². The van der Waals surface area contributed by atoms with Gasteiger partial charge >= 0.3 is 0 Å². The van der Waals surface area contributed by atoms with Gasteiger partial charge in [0.05, 0.1) is 0 Å². The van der Waals surface area contributed by atoms with Crippen molar-refractivity contribution in [3.05, 3.63) is 0 Å². The molecule has 0 bridgehead atoms. The van der Waals surface area contributed by atoms with Crippen molar-refractivity contribution in [2.45, 2.75) is 76.8 Å². The van der Waals surface area contributed by atoms with E-state index in [0.29, 0.717) is 6.42 Å². The topological polar surface area (TPSA) is 46.5 Å². The number of ketones is 1. The normalized spacial score (nSPS) is 28.0. The zero-order chi connectivity index (χ0) is 13.3. The van der Waals surface area contributed by atoms with Crippen LogP contribution in [0.4, 0.5) is 0 Å². The van der Waals surface area contributed by atoms with Gasteiger partial charge in [0.25, 0.3) is 0 Å². The SMILES string of the molecule is CC(C)(C)[Si](C)(C)O[C@H]1CCCC[C@@H](O)C1=O. The fraction of sp³-hybridized carbons (Fsp3) is 0.923. The summed E-state index contributed by atoms with van der Waals surface area (Å²) in [6.07, 6.45) is 2.06. The van der Waals surface area contributed by atoms with E-state index in [1.54, 1.807) is 0 Å². The molecule has 0 spiro atoms. The van der Waals surface area contributed by atoms with Gasteiger partial charge in [-0.25, -0.2) is 0 Å². The van der Waals surface area contributed by atoms with Gasteiger partial charge in [0.15, 0.2) is 14.1 Å². The quantitative estimate of drug-likeness (QED) is 0.612. The van der Waals surface area contributed by atoms with E-state index in [4.69, 9.17) is 4.43 Å². The predicted octanol–water partition coefficient (Wildman–Crippen LogP) is 2.88. The first-order valence-electron chi connectivity index (χ1n) is 6.55. The van der Waals surface area contributed by atoms with Gasteiger partial charge in [-0.3, -0.25) is 4.79 Å². The summed E-state index contributed by atoms with van der Waals surface area (Å²) in [5, 5.41) is 9.82. The van der Waals surface area contributed by atoms with Crippen molar-refractivity contribution in [1.29, 1.82) is 0 Å². The Kier molecular flexibility index (Phi) is 4.55. The van der Waals surface area contributed by atoms with Crippen LogP contribution in [0.3, 0.4) is 0 Å². The van der Waals surface area contributed by atoms with Crippen molar-refractivity contribution in [3.63, 3.8) is 0 Å². The monoisotopic (exact) mass is 258 g/mol. The molecule has 1 aliphatic carbocycles. The first-order chi connectivity index (χ1) is 7.65. The fourth-order valence-corrected chi connectivity index (χ4v) is 3.11. The lowest BCUT2D eigenvalue weighted by Crippen LogP contribution is -2.47. The largest absolute Gasteiger partial charge is 0.407 e. The van der Waals surface area contributed by atoms with Gasteiger partial charge in [0, 0.05) is 0 Å². The van der Waals surface area contributed by atoms with Crippen LogP contribution in [0.5, 0.6) is 0 Å². The molecule has 1 fully saturated rings. The van der Waals surface area contributed by atoms with Gasteiger partial charge in [-0.15, -0.1) is 0 Å². The van der Waals surface area contributed by atoms with E-state index in [2.05, 4.69) is 33.9 Å². The first-order valence-corrected chi connectivity index (χ1v) is 9.45. The number of carbonyl (C=O) groups is 1. The number of carbonyl (C=O) groups excluding carboxylic acids is 1. The number of rotatable bonds is 2. The third-order valence-corrected chi connectivity index (χ3v) is 8.57. The minimum Gasteiger partial charge on any atom is -0.407 e. The Morgan fingerprint density at radius 2 is 1.76 bits per heavy atom. The highest BCUT2D eigenvalue weighted by atomic mass is 28.4. The maximum Gasteiger partial charge on any atom is 0.193 e. The molecule has 0 aliphatic heterocycles. The van der Waals surface area contributed by atoms with Crippen molar-refractivity contribution < 1.29 is 14.3 Å². The minimum atomic E-state index is -1.92. The molecular weight excluding hydrogens is 232 g/mol. The summed E-state index contributed by atoms with van der Waals surface area (Å²) in [6.45, 7) is 10.8. The van der Waals surface area contributed by atoms with E-state index < -0.39 is 14.4 Å². The van der Waals surface area contributed by atoms with Crippen LogP contribution >= 0.6 is 0 Å². The third kappa shape index (κ3) is 3.63. The molecule has 0 radical (unpaired) electrons. The lowest BCUT2D eigenvalue weighted by Gasteiger charge is -2.38. The van der Waals surface area contributed by atoms with E-state index in [0.717, 1.165) is 19.3 Å². The average Bonchev–Trinajstić information content (AvgIpc) is 2.31. The molecule has 0 heterocycles. The van der Waals surface area contributed by atoms with Crippen LogP contribution in [0.1, 0.15) is 46.5 Å². The van der Waals surface area contributed by atoms with E-state index in [-0.39, 0.29) is 16.9 Å². The molecule has 0 amide bonds. The Hall–Kier alpha value is -0.193. The Balaban J connectivity index is 2.75. The Bertz CT molecular complexity index is 281. The van der Waals surface area contributed by atoms with Crippen LogP contribution in [0.25, 0.3) is 0 Å². The average molecular weight is 258 g/mol. The number of hydrogen-bond donors (Lipinski definition) is 1. The summed E-state index contributed by atoms with van der Waals surface area (Å²) in [6, 6.07) is 0. The summed E-state index contributed by atoms with van der Waals surface area (Å²) >= 11 is 0. The molecule has 0 saturated heterocycles. The molecule has 100 valence electrons. The second-order valence-electron chi connectivity index (χ2n) is 6.57. The zero-order valence-electron chi connectivity index (χ0n) is 11.7. The summed E-state index contributed by atoms with van der Waals surface area (Å²) in [5.74, 6) is -0.104. The molecule has 3 nitrogen and oxygen atoms in total. The minimum absolute atomic E-state index is 0.102. The molecule has 0 aromatic carbocycles. The zero-order valence-corrected chi connectivity index (χ0v) is 12.7. The summed E-state index contributed by atoms with van der Waals surface area (Å²) in [7, 11) is -1.92. The molecule has 1 saturated carbocycles. The van der Waals surface area contributed by atoms with Gasteiger partial charge in [0.1, 0.15) is 12.2 Å². The Morgan fingerprint density at radius 3 is 2.29 bits per heavy atom. The van der Waals surface area contributed by atoms with Crippen LogP contribution in [0.2, 0.25) is 18.1 Å². The molecule has 0 unspecified atom stereocenters. The van der Waals surface area contributed by atoms with Gasteiger partial charge < -0.3 is 9.53 Å². The number of hydrogen-bond acceptors (Lipinski definition) is 3. The summed E-state index contributed by atoms with van der Waals surface area (Å²) in [4.78, 5) is 12.0. The van der Waals surface area contributed by atoms with Crippen LogP contribution in [-0.2, 0) is 9.22 Å². The van der Waals surface area contributed by atoms with E-state index in [1.165, 1.54) is 0 Å². The lowest BCUT2D eigenvalue weighted by molar-refractivity contribution is -0.134. The second kappa shape index (κ2) is 5.20. The van der Waals surface area contributed by atoms with Crippen LogP contribution in [0, 0.1) is 0 Å². The summed E-state index contributed by atoms with van der Waals surface area (Å²) in [5.41, 5.74) is 0. The molecule has 17 heavy (non-hydrogen) atoms. The lowest BCUT2D eigenvalue weighted by atomic mass is 10.1. The molecule has 1 aliphatic rings.